The summed E-state index contributed by atoms with van der Waals surface area (Å²) >= 11 is 1.85. The number of hydrogen-bond acceptors (Lipinski definition) is 5. The summed E-state index contributed by atoms with van der Waals surface area (Å²) in [6.45, 7) is 16.5. The Bertz CT molecular complexity index is 633. The van der Waals surface area contributed by atoms with Crippen LogP contribution in [0.1, 0.15) is 46.5 Å². The molecule has 2 aliphatic rings. The highest BCUT2D eigenvalue weighted by Gasteiger charge is 2.52. The van der Waals surface area contributed by atoms with E-state index in [-0.39, 0.29) is 41.0 Å². The summed E-state index contributed by atoms with van der Waals surface area (Å²) in [5.74, 6) is 1.28. The van der Waals surface area contributed by atoms with Crippen molar-refractivity contribution in [1.29, 1.82) is 0 Å². The van der Waals surface area contributed by atoms with E-state index in [0.29, 0.717) is 6.61 Å². The van der Waals surface area contributed by atoms with Crippen molar-refractivity contribution in [3.8, 4) is 0 Å². The van der Waals surface area contributed by atoms with Crippen molar-refractivity contribution >= 4 is 20.1 Å². The van der Waals surface area contributed by atoms with Crippen LogP contribution in [0, 0.1) is 5.92 Å². The standard InChI is InChI=1S/C22H36O4SSi/c1-8-27-21-15(2)18(26-28(6,7)22(3,4)5)19-17(24-21)14-23-20(25-19)16-12-10-9-11-13-16/h9-13,15,17-21H,8,14H2,1-7H3. The second kappa shape index (κ2) is 8.78. The topological polar surface area (TPSA) is 36.9 Å². The van der Waals surface area contributed by atoms with E-state index in [9.17, 15) is 0 Å². The third kappa shape index (κ3) is 4.68. The summed E-state index contributed by atoms with van der Waals surface area (Å²) in [5.41, 5.74) is 1.16. The van der Waals surface area contributed by atoms with Crippen molar-refractivity contribution in [2.75, 3.05) is 12.4 Å². The lowest BCUT2D eigenvalue weighted by Crippen LogP contribution is -2.61. The fourth-order valence-corrected chi connectivity index (χ4v) is 5.93. The average Bonchev–Trinajstić information content (AvgIpc) is 2.65. The van der Waals surface area contributed by atoms with E-state index >= 15 is 0 Å². The number of ether oxygens (including phenoxy) is 3. The first kappa shape index (κ1) is 22.3. The maximum absolute atomic E-state index is 6.95. The normalized spacial score (nSPS) is 34.1. The maximum atomic E-state index is 6.95. The second-order valence-corrected chi connectivity index (χ2v) is 15.5. The molecule has 2 aliphatic heterocycles. The summed E-state index contributed by atoms with van der Waals surface area (Å²) in [5, 5.41) is 0.151. The number of benzene rings is 1. The van der Waals surface area contributed by atoms with Gasteiger partial charge >= 0.3 is 0 Å². The summed E-state index contributed by atoms with van der Waals surface area (Å²) in [4.78, 5) is 0. The van der Waals surface area contributed by atoms with E-state index in [0.717, 1.165) is 11.3 Å². The van der Waals surface area contributed by atoms with Crippen LogP contribution in [0.4, 0.5) is 0 Å². The molecular weight excluding hydrogens is 388 g/mol. The molecule has 0 aromatic heterocycles. The number of hydrogen-bond donors (Lipinski definition) is 0. The smallest absolute Gasteiger partial charge is 0.192 e. The first-order valence-electron chi connectivity index (χ1n) is 10.4. The maximum Gasteiger partial charge on any atom is 0.192 e. The Hall–Kier alpha value is -0.373. The van der Waals surface area contributed by atoms with Crippen LogP contribution in [0.3, 0.4) is 0 Å². The first-order chi connectivity index (χ1) is 13.1. The Balaban J connectivity index is 1.85. The van der Waals surface area contributed by atoms with Crippen molar-refractivity contribution in [2.45, 2.75) is 82.8 Å². The molecule has 4 nitrogen and oxygen atoms in total. The van der Waals surface area contributed by atoms with Gasteiger partial charge in [0.2, 0.25) is 0 Å². The van der Waals surface area contributed by atoms with Crippen LogP contribution in [-0.4, -0.2) is 44.4 Å². The Kier molecular flexibility index (Phi) is 7.00. The summed E-state index contributed by atoms with van der Waals surface area (Å²) < 4.78 is 25.9. The zero-order valence-electron chi connectivity index (χ0n) is 18.3. The van der Waals surface area contributed by atoms with Crippen LogP contribution < -0.4 is 0 Å². The van der Waals surface area contributed by atoms with Crippen LogP contribution in [0.25, 0.3) is 0 Å². The van der Waals surface area contributed by atoms with Crippen LogP contribution in [0.15, 0.2) is 30.3 Å². The molecule has 2 fully saturated rings. The third-order valence-electron chi connectivity index (χ3n) is 6.28. The Morgan fingerprint density at radius 2 is 1.82 bits per heavy atom. The molecule has 6 heteroatoms. The van der Waals surface area contributed by atoms with Gasteiger partial charge in [0.05, 0.1) is 12.7 Å². The van der Waals surface area contributed by atoms with Gasteiger partial charge in [-0.05, 0) is 23.9 Å². The van der Waals surface area contributed by atoms with Gasteiger partial charge < -0.3 is 18.6 Å². The molecule has 1 aromatic carbocycles. The molecule has 1 aromatic rings. The average molecular weight is 425 g/mol. The fraction of sp³-hybridized carbons (Fsp3) is 0.727. The molecule has 6 unspecified atom stereocenters. The molecule has 28 heavy (non-hydrogen) atoms. The van der Waals surface area contributed by atoms with Gasteiger partial charge in [-0.3, -0.25) is 0 Å². The van der Waals surface area contributed by atoms with Gasteiger partial charge in [-0.15, -0.1) is 11.8 Å². The third-order valence-corrected chi connectivity index (χ3v) is 12.0. The van der Waals surface area contributed by atoms with Crippen LogP contribution >= 0.6 is 11.8 Å². The predicted octanol–water partition coefficient (Wildman–Crippen LogP) is 5.61. The zero-order chi connectivity index (χ0) is 20.5. The lowest BCUT2D eigenvalue weighted by Gasteiger charge is -2.52. The molecule has 0 saturated carbocycles. The SMILES string of the molecule is CCSC1OC2COC(c3ccccc3)OC2C(O[Si](C)(C)C(C)(C)C)C1C. The van der Waals surface area contributed by atoms with Crippen molar-refractivity contribution in [3.63, 3.8) is 0 Å². The Labute approximate surface area is 175 Å². The highest BCUT2D eigenvalue weighted by Crippen LogP contribution is 2.44. The van der Waals surface area contributed by atoms with Crippen LogP contribution in [-0.2, 0) is 18.6 Å². The van der Waals surface area contributed by atoms with E-state index in [4.69, 9.17) is 18.6 Å². The van der Waals surface area contributed by atoms with Gasteiger partial charge in [-0.1, -0.05) is 65.0 Å². The van der Waals surface area contributed by atoms with Gasteiger partial charge in [-0.2, -0.15) is 0 Å². The van der Waals surface area contributed by atoms with E-state index in [1.54, 1.807) is 0 Å². The summed E-state index contributed by atoms with van der Waals surface area (Å²) in [7, 11) is -1.95. The molecular formula is C22H36O4SSi. The van der Waals surface area contributed by atoms with E-state index < -0.39 is 8.32 Å². The fourth-order valence-electron chi connectivity index (χ4n) is 3.53. The first-order valence-corrected chi connectivity index (χ1v) is 14.4. The van der Waals surface area contributed by atoms with E-state index in [2.05, 4.69) is 59.8 Å². The minimum Gasteiger partial charge on any atom is -0.411 e. The van der Waals surface area contributed by atoms with Crippen molar-refractivity contribution < 1.29 is 18.6 Å². The molecule has 6 atom stereocenters. The molecule has 2 heterocycles. The van der Waals surface area contributed by atoms with Crippen LogP contribution in [0.5, 0.6) is 0 Å². The lowest BCUT2D eigenvalue weighted by molar-refractivity contribution is -0.309. The van der Waals surface area contributed by atoms with Crippen molar-refractivity contribution in [1.82, 2.24) is 0 Å². The highest BCUT2D eigenvalue weighted by molar-refractivity contribution is 7.99. The molecule has 0 radical (unpaired) electrons. The largest absolute Gasteiger partial charge is 0.411 e. The van der Waals surface area contributed by atoms with Crippen molar-refractivity contribution in [3.05, 3.63) is 35.9 Å². The van der Waals surface area contributed by atoms with E-state index in [1.807, 2.05) is 30.0 Å². The minimum absolute atomic E-state index is 0.0128. The lowest BCUT2D eigenvalue weighted by atomic mass is 9.93. The van der Waals surface area contributed by atoms with Gasteiger partial charge in [0.15, 0.2) is 14.6 Å². The number of rotatable bonds is 5. The number of thioether (sulfide) groups is 1. The second-order valence-electron chi connectivity index (χ2n) is 9.38. The Morgan fingerprint density at radius 3 is 2.43 bits per heavy atom. The van der Waals surface area contributed by atoms with Gasteiger partial charge in [-0.25, -0.2) is 0 Å². The predicted molar refractivity (Wildman–Crippen MR) is 118 cm³/mol. The molecule has 3 rings (SSSR count). The number of fused-ring (bicyclic) bond motifs is 1. The van der Waals surface area contributed by atoms with Gasteiger partial charge in [0.25, 0.3) is 0 Å². The molecule has 0 N–H and O–H groups in total. The molecule has 158 valence electrons. The molecule has 0 aliphatic carbocycles. The van der Waals surface area contributed by atoms with Gasteiger partial charge in [0.1, 0.15) is 17.6 Å². The molecule has 2 saturated heterocycles. The van der Waals surface area contributed by atoms with Crippen LogP contribution in [0.2, 0.25) is 18.1 Å². The molecule has 0 amide bonds. The monoisotopic (exact) mass is 424 g/mol. The highest BCUT2D eigenvalue weighted by atomic mass is 32.2. The zero-order valence-corrected chi connectivity index (χ0v) is 20.1. The molecule has 0 bridgehead atoms. The quantitative estimate of drug-likeness (QED) is 0.575. The van der Waals surface area contributed by atoms with Crippen molar-refractivity contribution in [2.24, 2.45) is 5.92 Å². The summed E-state index contributed by atoms with van der Waals surface area (Å²) in [6.07, 6.45) is -0.551. The summed E-state index contributed by atoms with van der Waals surface area (Å²) in [6, 6.07) is 10.2. The van der Waals surface area contributed by atoms with Gasteiger partial charge in [0, 0.05) is 11.5 Å². The Morgan fingerprint density at radius 1 is 1.14 bits per heavy atom. The minimum atomic E-state index is -1.95. The van der Waals surface area contributed by atoms with E-state index in [1.165, 1.54) is 0 Å². The molecule has 0 spiro atoms.